The lowest BCUT2D eigenvalue weighted by atomic mass is 10.4. The van der Waals surface area contributed by atoms with Crippen molar-refractivity contribution >= 4 is 10.0 Å². The molecule has 2 heterocycles. The summed E-state index contributed by atoms with van der Waals surface area (Å²) in [5, 5.41) is 3.30. The van der Waals surface area contributed by atoms with Crippen LogP contribution in [0.25, 0.3) is 0 Å². The fourth-order valence-electron chi connectivity index (χ4n) is 2.40. The quantitative estimate of drug-likeness (QED) is 0.794. The maximum absolute atomic E-state index is 12.7. The van der Waals surface area contributed by atoms with Crippen LogP contribution in [0.4, 0.5) is 0 Å². The third-order valence-electron chi connectivity index (χ3n) is 3.63. The summed E-state index contributed by atoms with van der Waals surface area (Å²) in [6, 6.07) is 1.77. The number of sulfonamides is 1. The molecule has 1 aromatic heterocycles. The fourth-order valence-corrected chi connectivity index (χ4v) is 3.96. The summed E-state index contributed by atoms with van der Waals surface area (Å²) in [6.07, 6.45) is 3.50. The Morgan fingerprint density at radius 3 is 2.90 bits per heavy atom. The number of ether oxygens (including phenoxy) is 1. The van der Waals surface area contributed by atoms with E-state index in [1.54, 1.807) is 12.3 Å². The number of aryl methyl sites for hydroxylation is 1. The molecule has 1 aliphatic rings. The first-order valence-electron chi connectivity index (χ1n) is 7.49. The molecule has 0 bridgehead atoms. The summed E-state index contributed by atoms with van der Waals surface area (Å²) in [5.41, 5.74) is 0.980. The molecule has 1 aliphatic heterocycles. The molecule has 7 heteroatoms. The van der Waals surface area contributed by atoms with Crippen LogP contribution in [0.1, 0.15) is 25.5 Å². The summed E-state index contributed by atoms with van der Waals surface area (Å²) in [5.74, 6) is 0. The lowest BCUT2D eigenvalue weighted by Crippen LogP contribution is -2.33. The predicted molar refractivity (Wildman–Crippen MR) is 81.6 cm³/mol. The standard InChI is InChI=1S/C14H25N3O3S/c1-3-5-15-11-13-10-14(12-16(13)2)21(18,19)17-6-4-8-20-9-7-17/h10,12,15H,3-9,11H2,1-2H3. The molecule has 0 atom stereocenters. The number of hydrogen-bond donors (Lipinski definition) is 1. The zero-order chi connectivity index (χ0) is 15.3. The van der Waals surface area contributed by atoms with Crippen LogP contribution in [-0.2, 0) is 28.4 Å². The van der Waals surface area contributed by atoms with Crippen LogP contribution in [0.5, 0.6) is 0 Å². The van der Waals surface area contributed by atoms with Crippen molar-refractivity contribution in [1.82, 2.24) is 14.2 Å². The van der Waals surface area contributed by atoms with Gasteiger partial charge in [0, 0.05) is 45.2 Å². The van der Waals surface area contributed by atoms with Crippen molar-refractivity contribution in [2.24, 2.45) is 7.05 Å². The summed E-state index contributed by atoms with van der Waals surface area (Å²) >= 11 is 0. The molecule has 1 saturated heterocycles. The van der Waals surface area contributed by atoms with Crippen LogP contribution >= 0.6 is 0 Å². The number of nitrogens with one attached hydrogen (secondary N) is 1. The van der Waals surface area contributed by atoms with Gasteiger partial charge in [-0.15, -0.1) is 0 Å². The van der Waals surface area contributed by atoms with Gasteiger partial charge in [-0.2, -0.15) is 4.31 Å². The van der Waals surface area contributed by atoms with Crippen LogP contribution in [0, 0.1) is 0 Å². The van der Waals surface area contributed by atoms with E-state index in [0.717, 1.165) is 25.1 Å². The average Bonchev–Trinajstić information content (AvgIpc) is 2.68. The van der Waals surface area contributed by atoms with Crippen LogP contribution < -0.4 is 5.32 Å². The van der Waals surface area contributed by atoms with Gasteiger partial charge in [0.25, 0.3) is 0 Å². The van der Waals surface area contributed by atoms with Gasteiger partial charge in [-0.25, -0.2) is 8.42 Å². The zero-order valence-electron chi connectivity index (χ0n) is 12.8. The van der Waals surface area contributed by atoms with E-state index >= 15 is 0 Å². The number of hydrogen-bond acceptors (Lipinski definition) is 4. The highest BCUT2D eigenvalue weighted by molar-refractivity contribution is 7.89. The molecule has 21 heavy (non-hydrogen) atoms. The van der Waals surface area contributed by atoms with Crippen molar-refractivity contribution in [3.8, 4) is 0 Å². The van der Waals surface area contributed by atoms with E-state index in [0.29, 0.717) is 37.7 Å². The van der Waals surface area contributed by atoms with Gasteiger partial charge in [-0.05, 0) is 25.5 Å². The Kier molecular flexibility index (Phi) is 5.80. The molecule has 0 spiro atoms. The molecule has 1 N–H and O–H groups in total. The third-order valence-corrected chi connectivity index (χ3v) is 5.50. The van der Waals surface area contributed by atoms with Crippen molar-refractivity contribution in [2.75, 3.05) is 32.8 Å². The summed E-state index contributed by atoms with van der Waals surface area (Å²) in [6.45, 7) is 5.78. The summed E-state index contributed by atoms with van der Waals surface area (Å²) < 4.78 is 34.1. The smallest absolute Gasteiger partial charge is 0.244 e. The zero-order valence-corrected chi connectivity index (χ0v) is 13.7. The van der Waals surface area contributed by atoms with Crippen LogP contribution in [-0.4, -0.2) is 50.1 Å². The van der Waals surface area contributed by atoms with E-state index in [1.165, 1.54) is 4.31 Å². The molecule has 0 aliphatic carbocycles. The van der Waals surface area contributed by atoms with Gasteiger partial charge in [0.1, 0.15) is 4.90 Å². The lowest BCUT2D eigenvalue weighted by Gasteiger charge is -2.18. The SMILES string of the molecule is CCCNCc1cc(S(=O)(=O)N2CCCOCC2)cn1C. The predicted octanol–water partition coefficient (Wildman–Crippen LogP) is 0.936. The van der Waals surface area contributed by atoms with Gasteiger partial charge in [-0.3, -0.25) is 0 Å². The van der Waals surface area contributed by atoms with Crippen molar-refractivity contribution in [2.45, 2.75) is 31.2 Å². The number of nitrogens with zero attached hydrogens (tertiary/aromatic N) is 2. The number of aromatic nitrogens is 1. The van der Waals surface area contributed by atoms with Crippen LogP contribution in [0.3, 0.4) is 0 Å². The Balaban J connectivity index is 2.14. The molecule has 1 fully saturated rings. The molecular weight excluding hydrogens is 290 g/mol. The van der Waals surface area contributed by atoms with E-state index in [4.69, 9.17) is 4.74 Å². The highest BCUT2D eigenvalue weighted by atomic mass is 32.2. The largest absolute Gasteiger partial charge is 0.380 e. The second kappa shape index (κ2) is 7.40. The van der Waals surface area contributed by atoms with Crippen molar-refractivity contribution in [1.29, 1.82) is 0 Å². The topological polar surface area (TPSA) is 63.6 Å². The highest BCUT2D eigenvalue weighted by Gasteiger charge is 2.26. The first kappa shape index (κ1) is 16.5. The molecule has 0 saturated carbocycles. The Hall–Kier alpha value is -0.890. The molecule has 0 aromatic carbocycles. The maximum Gasteiger partial charge on any atom is 0.244 e. The van der Waals surface area contributed by atoms with E-state index < -0.39 is 10.0 Å². The Labute approximate surface area is 127 Å². The number of rotatable bonds is 6. The van der Waals surface area contributed by atoms with Crippen molar-refractivity contribution in [3.05, 3.63) is 18.0 Å². The Morgan fingerprint density at radius 2 is 2.14 bits per heavy atom. The van der Waals surface area contributed by atoms with E-state index in [2.05, 4.69) is 12.2 Å². The third kappa shape index (κ3) is 4.06. The van der Waals surface area contributed by atoms with E-state index in [-0.39, 0.29) is 0 Å². The fraction of sp³-hybridized carbons (Fsp3) is 0.714. The van der Waals surface area contributed by atoms with Crippen molar-refractivity contribution < 1.29 is 13.2 Å². The van der Waals surface area contributed by atoms with Gasteiger partial charge < -0.3 is 14.6 Å². The van der Waals surface area contributed by atoms with Crippen LogP contribution in [0.2, 0.25) is 0 Å². The molecule has 0 unspecified atom stereocenters. The molecule has 0 amide bonds. The normalized spacial score (nSPS) is 17.8. The van der Waals surface area contributed by atoms with Gasteiger partial charge in [0.05, 0.1) is 6.61 Å². The van der Waals surface area contributed by atoms with E-state index in [9.17, 15) is 8.42 Å². The monoisotopic (exact) mass is 315 g/mol. The molecule has 1 aromatic rings. The molecule has 0 radical (unpaired) electrons. The second-order valence-corrected chi connectivity index (χ2v) is 7.26. The first-order chi connectivity index (χ1) is 10.1. The van der Waals surface area contributed by atoms with Crippen molar-refractivity contribution in [3.63, 3.8) is 0 Å². The highest BCUT2D eigenvalue weighted by Crippen LogP contribution is 2.19. The minimum absolute atomic E-state index is 0.375. The first-order valence-corrected chi connectivity index (χ1v) is 8.93. The minimum Gasteiger partial charge on any atom is -0.380 e. The summed E-state index contributed by atoms with van der Waals surface area (Å²) in [7, 11) is -1.53. The van der Waals surface area contributed by atoms with Gasteiger partial charge >= 0.3 is 0 Å². The van der Waals surface area contributed by atoms with Gasteiger partial charge in [0.2, 0.25) is 10.0 Å². The maximum atomic E-state index is 12.7. The van der Waals surface area contributed by atoms with Gasteiger partial charge in [0.15, 0.2) is 0 Å². The lowest BCUT2D eigenvalue weighted by molar-refractivity contribution is 0.148. The van der Waals surface area contributed by atoms with E-state index in [1.807, 2.05) is 11.6 Å². The Bertz CT molecular complexity index is 546. The molecule has 120 valence electrons. The molecule has 2 rings (SSSR count). The van der Waals surface area contributed by atoms with Gasteiger partial charge in [-0.1, -0.05) is 6.92 Å². The molecule has 6 nitrogen and oxygen atoms in total. The average molecular weight is 315 g/mol. The second-order valence-electron chi connectivity index (χ2n) is 5.32. The molecular formula is C14H25N3O3S. The van der Waals surface area contributed by atoms with Crippen LogP contribution in [0.15, 0.2) is 17.2 Å². The minimum atomic E-state index is -3.41. The summed E-state index contributed by atoms with van der Waals surface area (Å²) in [4.78, 5) is 0.375. The Morgan fingerprint density at radius 1 is 1.33 bits per heavy atom.